The van der Waals surface area contributed by atoms with Gasteiger partial charge in [0, 0.05) is 36.4 Å². The average molecular weight is 588 g/mol. The number of nitrogens with one attached hydrogen (secondary N) is 1. The van der Waals surface area contributed by atoms with Crippen LogP contribution in [0.2, 0.25) is 0 Å². The Bertz CT molecular complexity index is 1730. The number of anilines is 1. The highest BCUT2D eigenvalue weighted by molar-refractivity contribution is 7.92. The van der Waals surface area contributed by atoms with Crippen molar-refractivity contribution in [3.8, 4) is 11.5 Å². The minimum atomic E-state index is -4.12. The van der Waals surface area contributed by atoms with Gasteiger partial charge < -0.3 is 18.8 Å². The number of benzene rings is 3. The van der Waals surface area contributed by atoms with Gasteiger partial charge in [0.15, 0.2) is 0 Å². The fourth-order valence-corrected chi connectivity index (χ4v) is 6.57. The normalized spacial score (nSPS) is 11.9. The van der Waals surface area contributed by atoms with Crippen LogP contribution >= 0.6 is 0 Å². The van der Waals surface area contributed by atoms with E-state index in [0.717, 1.165) is 9.82 Å². The third-order valence-electron chi connectivity index (χ3n) is 6.27. The van der Waals surface area contributed by atoms with E-state index in [0.29, 0.717) is 22.4 Å². The Labute approximate surface area is 233 Å². The molecule has 4 aromatic rings. The first-order valence-electron chi connectivity index (χ1n) is 11.9. The summed E-state index contributed by atoms with van der Waals surface area (Å²) >= 11 is 0. The number of aryl methyl sites for hydroxylation is 1. The highest BCUT2D eigenvalue weighted by Crippen LogP contribution is 2.29. The first-order valence-corrected chi connectivity index (χ1v) is 14.9. The largest absolute Gasteiger partial charge is 0.497 e. The molecule has 0 amide bonds. The summed E-state index contributed by atoms with van der Waals surface area (Å²) in [6.45, 7) is -0.694. The molecule has 212 valence electrons. The van der Waals surface area contributed by atoms with Crippen molar-refractivity contribution in [3.63, 3.8) is 0 Å². The molecule has 13 heteroatoms. The van der Waals surface area contributed by atoms with Gasteiger partial charge in [-0.3, -0.25) is 9.52 Å². The lowest BCUT2D eigenvalue weighted by Gasteiger charge is -2.21. The second-order valence-corrected chi connectivity index (χ2v) is 12.4. The zero-order chi connectivity index (χ0) is 29.1. The number of carbonyl (C=O) groups excluding carboxylic acids is 1. The predicted molar refractivity (Wildman–Crippen MR) is 149 cm³/mol. The molecule has 0 atom stereocenters. The van der Waals surface area contributed by atoms with E-state index >= 15 is 0 Å². The smallest absolute Gasteiger partial charge is 0.321 e. The molecule has 0 fully saturated rings. The van der Waals surface area contributed by atoms with Crippen LogP contribution in [0, 0.1) is 0 Å². The fourth-order valence-electron chi connectivity index (χ4n) is 4.15. The van der Waals surface area contributed by atoms with Crippen LogP contribution in [0.5, 0.6) is 11.5 Å². The maximum atomic E-state index is 13.6. The fraction of sp³-hybridized carbons (Fsp3) is 0.222. The van der Waals surface area contributed by atoms with Gasteiger partial charge in [-0.2, -0.15) is 4.31 Å². The number of esters is 1. The maximum absolute atomic E-state index is 13.6. The van der Waals surface area contributed by atoms with E-state index in [2.05, 4.69) is 4.72 Å². The van der Waals surface area contributed by atoms with Crippen molar-refractivity contribution in [1.82, 2.24) is 8.87 Å². The van der Waals surface area contributed by atoms with Gasteiger partial charge in [0.05, 0.1) is 31.1 Å². The van der Waals surface area contributed by atoms with Gasteiger partial charge in [-0.15, -0.1) is 0 Å². The molecular formula is C27H29N3O8S2. The minimum absolute atomic E-state index is 0.0228. The molecule has 0 aliphatic heterocycles. The number of sulfonamides is 2. The van der Waals surface area contributed by atoms with Gasteiger partial charge in [-0.05, 0) is 72.3 Å². The Balaban J connectivity index is 1.70. The number of hydrogen-bond donors (Lipinski definition) is 1. The van der Waals surface area contributed by atoms with Crippen molar-refractivity contribution in [1.29, 1.82) is 0 Å². The number of ether oxygens (including phenoxy) is 3. The van der Waals surface area contributed by atoms with Gasteiger partial charge in [0.25, 0.3) is 10.0 Å². The van der Waals surface area contributed by atoms with Crippen molar-refractivity contribution >= 4 is 42.6 Å². The number of nitrogens with zero attached hydrogens (tertiary/aromatic N) is 2. The molecule has 0 bridgehead atoms. The Morgan fingerprint density at radius 2 is 1.43 bits per heavy atom. The highest BCUT2D eigenvalue weighted by Gasteiger charge is 2.28. The summed E-state index contributed by atoms with van der Waals surface area (Å²) in [6.07, 6.45) is 1.74. The Morgan fingerprint density at radius 3 is 1.98 bits per heavy atom. The molecule has 0 saturated heterocycles. The van der Waals surface area contributed by atoms with E-state index < -0.39 is 32.6 Å². The number of carbonyl (C=O) groups is 1. The van der Waals surface area contributed by atoms with Crippen molar-refractivity contribution < 1.29 is 35.8 Å². The lowest BCUT2D eigenvalue weighted by Crippen LogP contribution is -2.35. The molecule has 4 rings (SSSR count). The van der Waals surface area contributed by atoms with Gasteiger partial charge in [0.1, 0.15) is 18.0 Å². The number of hydrogen-bond acceptors (Lipinski definition) is 8. The van der Waals surface area contributed by atoms with Gasteiger partial charge in [-0.1, -0.05) is 0 Å². The second kappa shape index (κ2) is 11.6. The molecule has 40 heavy (non-hydrogen) atoms. The Morgan fingerprint density at radius 1 is 0.850 bits per heavy atom. The predicted octanol–water partition coefficient (Wildman–Crippen LogP) is 3.36. The molecule has 0 unspecified atom stereocenters. The summed E-state index contributed by atoms with van der Waals surface area (Å²) in [5.41, 5.74) is 1.58. The molecule has 1 N–H and O–H groups in total. The Hall–Kier alpha value is -4.07. The lowest BCUT2D eigenvalue weighted by atomic mass is 10.1. The summed E-state index contributed by atoms with van der Waals surface area (Å²) < 4.78 is 73.4. The topological polar surface area (TPSA) is 133 Å². The molecule has 1 aromatic heterocycles. The van der Waals surface area contributed by atoms with Crippen LogP contribution in [0.4, 0.5) is 5.69 Å². The summed E-state index contributed by atoms with van der Waals surface area (Å²) in [5, 5.41) is 0.609. The first-order chi connectivity index (χ1) is 19.0. The Kier molecular flexibility index (Phi) is 8.37. The van der Waals surface area contributed by atoms with Gasteiger partial charge in [-0.25, -0.2) is 16.8 Å². The van der Waals surface area contributed by atoms with E-state index in [1.807, 2.05) is 0 Å². The van der Waals surface area contributed by atoms with E-state index in [1.54, 1.807) is 48.1 Å². The molecule has 0 spiro atoms. The summed E-state index contributed by atoms with van der Waals surface area (Å²) in [5.74, 6) is 0.276. The quantitative estimate of drug-likeness (QED) is 0.264. The molecule has 1 heterocycles. The van der Waals surface area contributed by atoms with E-state index in [-0.39, 0.29) is 22.0 Å². The van der Waals surface area contributed by atoms with Crippen molar-refractivity contribution in [3.05, 3.63) is 78.5 Å². The number of methoxy groups -OCH3 is 3. The van der Waals surface area contributed by atoms with Crippen LogP contribution < -0.4 is 14.2 Å². The molecule has 0 radical (unpaired) electrons. The van der Waals surface area contributed by atoms with Crippen LogP contribution in [0.3, 0.4) is 0 Å². The molecule has 3 aromatic carbocycles. The summed E-state index contributed by atoms with van der Waals surface area (Å²) in [4.78, 5) is 12.2. The van der Waals surface area contributed by atoms with Crippen molar-refractivity contribution in [2.75, 3.05) is 32.6 Å². The van der Waals surface area contributed by atoms with E-state index in [4.69, 9.17) is 14.2 Å². The van der Waals surface area contributed by atoms with Crippen LogP contribution in [0.25, 0.3) is 10.9 Å². The van der Waals surface area contributed by atoms with E-state index in [1.165, 1.54) is 57.7 Å². The molecular weight excluding hydrogens is 558 g/mol. The lowest BCUT2D eigenvalue weighted by molar-refractivity contribution is -0.140. The second-order valence-electron chi connectivity index (χ2n) is 8.80. The van der Waals surface area contributed by atoms with Crippen LogP contribution in [0.15, 0.2) is 82.7 Å². The SMILES string of the molecule is COC(=O)CN(Cc1cn(C)c2ccc(NS(=O)(=O)c3ccc(OC)cc3)cc12)S(=O)(=O)c1ccc(OC)cc1. The third kappa shape index (κ3) is 6.06. The minimum Gasteiger partial charge on any atom is -0.497 e. The number of fused-ring (bicyclic) bond motifs is 1. The molecule has 0 aliphatic rings. The van der Waals surface area contributed by atoms with Crippen LogP contribution in [0.1, 0.15) is 5.56 Å². The van der Waals surface area contributed by atoms with E-state index in [9.17, 15) is 21.6 Å². The average Bonchev–Trinajstić information content (AvgIpc) is 3.26. The molecule has 0 saturated carbocycles. The van der Waals surface area contributed by atoms with Gasteiger partial charge in [0.2, 0.25) is 10.0 Å². The van der Waals surface area contributed by atoms with Crippen LogP contribution in [-0.2, 0) is 43.2 Å². The summed E-state index contributed by atoms with van der Waals surface area (Å²) in [6, 6.07) is 16.8. The standard InChI is InChI=1S/C27H29N3O8S2/c1-29-16-19(17-30(18-27(31)38-4)40(34,35)24-12-8-22(37-3)9-13-24)25-15-20(5-14-26(25)29)28-39(32,33)23-10-6-21(36-2)7-11-23/h5-16,28H,17-18H2,1-4H3. The first kappa shape index (κ1) is 28.9. The number of aromatic nitrogens is 1. The summed E-state index contributed by atoms with van der Waals surface area (Å²) in [7, 11) is -2.11. The molecule has 11 nitrogen and oxygen atoms in total. The zero-order valence-corrected chi connectivity index (χ0v) is 24.0. The highest BCUT2D eigenvalue weighted by atomic mass is 32.2. The molecule has 0 aliphatic carbocycles. The maximum Gasteiger partial charge on any atom is 0.321 e. The third-order valence-corrected chi connectivity index (χ3v) is 9.47. The zero-order valence-electron chi connectivity index (χ0n) is 22.3. The van der Waals surface area contributed by atoms with Crippen LogP contribution in [-0.4, -0.2) is 59.6 Å². The van der Waals surface area contributed by atoms with Crippen molar-refractivity contribution in [2.24, 2.45) is 7.05 Å². The van der Waals surface area contributed by atoms with Crippen molar-refractivity contribution in [2.45, 2.75) is 16.3 Å². The monoisotopic (exact) mass is 587 g/mol. The van der Waals surface area contributed by atoms with Gasteiger partial charge >= 0.3 is 5.97 Å². The number of rotatable bonds is 11.